The molecule has 0 spiro atoms. The van der Waals surface area contributed by atoms with Gasteiger partial charge in [0.15, 0.2) is 0 Å². The summed E-state index contributed by atoms with van der Waals surface area (Å²) in [6.45, 7) is 2.64. The summed E-state index contributed by atoms with van der Waals surface area (Å²) < 4.78 is 19.4. The summed E-state index contributed by atoms with van der Waals surface area (Å²) in [6.07, 6.45) is 0. The molecule has 88 valence electrons. The zero-order valence-corrected chi connectivity index (χ0v) is 10.9. The third kappa shape index (κ3) is 1.49. The predicted molar refractivity (Wildman–Crippen MR) is 51.2 cm³/mol. The van der Waals surface area contributed by atoms with Gasteiger partial charge < -0.3 is 0 Å². The van der Waals surface area contributed by atoms with Gasteiger partial charge in [-0.05, 0) is 0 Å². The van der Waals surface area contributed by atoms with Crippen molar-refractivity contribution in [2.45, 2.75) is 16.6 Å². The van der Waals surface area contributed by atoms with Gasteiger partial charge in [0.25, 0.3) is 0 Å². The molecule has 0 unspecified atom stereocenters. The number of halogens is 2. The molecule has 0 aromatic heterocycles. The molecule has 2 aliphatic heterocycles. The van der Waals surface area contributed by atoms with Gasteiger partial charge >= 0.3 is 104 Å². The van der Waals surface area contributed by atoms with Crippen LogP contribution in [0, 0.1) is 11.7 Å². The molecular formula is C11H12FINO2-. The van der Waals surface area contributed by atoms with Crippen molar-refractivity contribution in [2.75, 3.05) is 6.61 Å². The van der Waals surface area contributed by atoms with E-state index < -0.39 is 5.54 Å². The fraction of sp³-hybridized carbons (Fsp3) is 0.455. The molecule has 2 saturated heterocycles. The van der Waals surface area contributed by atoms with E-state index in [4.69, 9.17) is 7.90 Å². The Bertz CT molecular complexity index is 417. The Morgan fingerprint density at radius 3 is 3.12 bits per heavy atom. The van der Waals surface area contributed by atoms with Crippen LogP contribution in [-0.2, 0) is 13.4 Å². The Morgan fingerprint density at radius 1 is 1.50 bits per heavy atom. The first kappa shape index (κ1) is 10.9. The van der Waals surface area contributed by atoms with Gasteiger partial charge in [0, 0.05) is 0 Å². The molecule has 2 heterocycles. The van der Waals surface area contributed by atoms with E-state index in [0.29, 0.717) is 12.2 Å². The maximum atomic E-state index is 13.8. The molecular weight excluding hydrogens is 324 g/mol. The molecule has 5 heteroatoms. The number of rotatable bonds is 1. The van der Waals surface area contributed by atoms with E-state index in [1.165, 1.54) is 6.07 Å². The van der Waals surface area contributed by atoms with Crippen molar-refractivity contribution in [3.05, 3.63) is 35.6 Å². The fourth-order valence-corrected chi connectivity index (χ4v) is 4.69. The molecule has 1 N–H and O–H groups in total. The SMILES string of the molecule is C[C@]1(c2ccccc2F)NO[C@@H]2[I-]OC[C@@H]21. The van der Waals surface area contributed by atoms with Crippen LogP contribution in [0.25, 0.3) is 0 Å². The standard InChI is InChI=1S/C11H12FINO2/c1-11(7-4-2-3-5-9(7)12)8-6-15-13-10(8)16-14-11/h2-5,8,10,14H,6H2,1H3/q-1/t8-,10-,11+/m0/s1. The number of fused-ring (bicyclic) bond motifs is 1. The van der Waals surface area contributed by atoms with Crippen molar-refractivity contribution in [1.82, 2.24) is 5.48 Å². The van der Waals surface area contributed by atoms with Crippen LogP contribution in [0.15, 0.2) is 24.3 Å². The first-order valence-electron chi connectivity index (χ1n) is 5.15. The van der Waals surface area contributed by atoms with Crippen molar-refractivity contribution in [2.24, 2.45) is 5.92 Å². The molecule has 1 aromatic carbocycles. The van der Waals surface area contributed by atoms with E-state index in [1.54, 1.807) is 6.07 Å². The van der Waals surface area contributed by atoms with E-state index >= 15 is 0 Å². The van der Waals surface area contributed by atoms with Crippen molar-refractivity contribution in [3.63, 3.8) is 0 Å². The summed E-state index contributed by atoms with van der Waals surface area (Å²) in [5, 5.41) is 0. The second-order valence-corrected chi connectivity index (χ2v) is 6.58. The normalized spacial score (nSPS) is 38.1. The molecule has 16 heavy (non-hydrogen) atoms. The zero-order valence-electron chi connectivity index (χ0n) is 8.74. The molecule has 0 aliphatic carbocycles. The van der Waals surface area contributed by atoms with Gasteiger partial charge in [0.1, 0.15) is 0 Å². The molecule has 0 bridgehead atoms. The Morgan fingerprint density at radius 2 is 2.31 bits per heavy atom. The number of hydroxylamine groups is 1. The van der Waals surface area contributed by atoms with Crippen molar-refractivity contribution >= 4 is 0 Å². The Hall–Kier alpha value is -0.240. The van der Waals surface area contributed by atoms with Crippen LogP contribution < -0.4 is 27.1 Å². The second-order valence-electron chi connectivity index (χ2n) is 4.22. The van der Waals surface area contributed by atoms with Crippen LogP contribution >= 0.6 is 0 Å². The topological polar surface area (TPSA) is 30.5 Å². The Balaban J connectivity index is 2.02. The van der Waals surface area contributed by atoms with Gasteiger partial charge in [0.05, 0.1) is 0 Å². The number of benzene rings is 1. The molecule has 2 aliphatic rings. The van der Waals surface area contributed by atoms with Crippen molar-refractivity contribution < 1.29 is 33.9 Å². The van der Waals surface area contributed by atoms with E-state index in [2.05, 4.69) is 5.48 Å². The summed E-state index contributed by atoms with van der Waals surface area (Å²) in [5.74, 6) is 0.0315. The zero-order chi connectivity index (χ0) is 11.2. The van der Waals surface area contributed by atoms with Crippen LogP contribution in [0.2, 0.25) is 0 Å². The predicted octanol–water partition coefficient (Wildman–Crippen LogP) is -1.45. The van der Waals surface area contributed by atoms with Gasteiger partial charge in [-0.25, -0.2) is 0 Å². The van der Waals surface area contributed by atoms with Gasteiger partial charge in [-0.1, -0.05) is 0 Å². The number of hydrogen-bond donors (Lipinski definition) is 1. The molecule has 2 fully saturated rings. The molecule has 0 radical (unpaired) electrons. The Kier molecular flexibility index (Phi) is 2.66. The third-order valence-corrected chi connectivity index (χ3v) is 5.61. The van der Waals surface area contributed by atoms with Crippen LogP contribution in [-0.4, -0.2) is 10.7 Å². The molecule has 0 amide bonds. The maximum absolute atomic E-state index is 13.8. The first-order valence-corrected chi connectivity index (χ1v) is 7.27. The van der Waals surface area contributed by atoms with Gasteiger partial charge in [-0.2, -0.15) is 0 Å². The van der Waals surface area contributed by atoms with E-state index in [-0.39, 0.29) is 37.5 Å². The monoisotopic (exact) mass is 336 g/mol. The van der Waals surface area contributed by atoms with Gasteiger partial charge in [-0.3, -0.25) is 0 Å². The van der Waals surface area contributed by atoms with E-state index in [1.807, 2.05) is 19.1 Å². The minimum atomic E-state index is -0.466. The molecule has 1 aromatic rings. The quantitative estimate of drug-likeness (QED) is 0.503. The molecule has 3 rings (SSSR count). The Labute approximate surface area is 104 Å². The molecule has 0 saturated carbocycles. The minimum absolute atomic E-state index is 0.142. The number of hydrogen-bond acceptors (Lipinski definition) is 3. The van der Waals surface area contributed by atoms with E-state index in [9.17, 15) is 4.39 Å². The summed E-state index contributed by atoms with van der Waals surface area (Å²) in [6, 6.07) is 6.85. The van der Waals surface area contributed by atoms with Crippen molar-refractivity contribution in [3.8, 4) is 0 Å². The van der Waals surface area contributed by atoms with Crippen LogP contribution in [0.4, 0.5) is 4.39 Å². The van der Waals surface area contributed by atoms with Gasteiger partial charge in [-0.15, -0.1) is 0 Å². The fourth-order valence-electron chi connectivity index (χ4n) is 2.22. The molecule has 3 atom stereocenters. The third-order valence-electron chi connectivity index (χ3n) is 3.27. The average molecular weight is 336 g/mol. The average Bonchev–Trinajstić information content (AvgIpc) is 2.84. The van der Waals surface area contributed by atoms with Crippen molar-refractivity contribution in [1.29, 1.82) is 0 Å². The number of alkyl halides is 1. The second kappa shape index (κ2) is 3.90. The molecule has 3 nitrogen and oxygen atoms in total. The summed E-state index contributed by atoms with van der Waals surface area (Å²) in [7, 11) is 0. The first-order chi connectivity index (χ1) is 7.72. The van der Waals surface area contributed by atoms with E-state index in [0.717, 1.165) is 0 Å². The summed E-state index contributed by atoms with van der Waals surface area (Å²) >= 11 is -0.370. The summed E-state index contributed by atoms with van der Waals surface area (Å²) in [5.41, 5.74) is 3.20. The van der Waals surface area contributed by atoms with Crippen LogP contribution in [0.5, 0.6) is 0 Å². The summed E-state index contributed by atoms with van der Waals surface area (Å²) in [4.78, 5) is 5.51. The number of nitrogens with one attached hydrogen (secondary N) is 1. The van der Waals surface area contributed by atoms with Crippen LogP contribution in [0.1, 0.15) is 12.5 Å². The van der Waals surface area contributed by atoms with Gasteiger partial charge in [0.2, 0.25) is 0 Å². The van der Waals surface area contributed by atoms with Crippen LogP contribution in [0.3, 0.4) is 0 Å².